The molecule has 5 nitrogen and oxygen atoms in total. The highest BCUT2D eigenvalue weighted by molar-refractivity contribution is 6.31. The van der Waals surface area contributed by atoms with E-state index in [0.29, 0.717) is 10.7 Å². The number of halogens is 2. The summed E-state index contributed by atoms with van der Waals surface area (Å²) >= 11 is 5.88. The third-order valence-electron chi connectivity index (χ3n) is 2.68. The smallest absolute Gasteiger partial charge is 0.292 e. The molecule has 0 unspecified atom stereocenters. The number of piperazine rings is 1. The third-order valence-corrected chi connectivity index (χ3v) is 2.92. The van der Waals surface area contributed by atoms with Gasteiger partial charge >= 0.3 is 0 Å². The fourth-order valence-corrected chi connectivity index (χ4v) is 2.06. The van der Waals surface area contributed by atoms with Crippen LogP contribution < -0.4 is 22.6 Å². The number of benzene rings is 1. The van der Waals surface area contributed by atoms with E-state index in [1.807, 2.05) is 4.90 Å². The number of nitro groups is 1. The van der Waals surface area contributed by atoms with Gasteiger partial charge in [0.1, 0.15) is 5.69 Å². The maximum Gasteiger partial charge on any atom is 0.292 e. The first-order valence-electron chi connectivity index (χ1n) is 5.19. The molecule has 1 saturated heterocycles. The molecular formula is C10H13Cl2N3O2. The minimum Gasteiger partial charge on any atom is -1.00 e. The molecular weight excluding hydrogens is 265 g/mol. The molecule has 1 aromatic rings. The van der Waals surface area contributed by atoms with E-state index in [2.05, 4.69) is 5.32 Å². The van der Waals surface area contributed by atoms with Crippen molar-refractivity contribution in [3.8, 4) is 0 Å². The maximum atomic E-state index is 10.9. The Kier molecular flexibility index (Phi) is 4.99. The number of nitro benzene ring substituents is 1. The monoisotopic (exact) mass is 277 g/mol. The topological polar surface area (TPSA) is 63.0 Å². The number of anilines is 1. The van der Waals surface area contributed by atoms with Crippen LogP contribution >= 0.6 is 11.6 Å². The van der Waals surface area contributed by atoms with Gasteiger partial charge in [0.2, 0.25) is 0 Å². The van der Waals surface area contributed by atoms with Gasteiger partial charge in [-0.2, -0.15) is 0 Å². The van der Waals surface area contributed by atoms with E-state index in [1.54, 1.807) is 12.1 Å². The average molecular weight is 278 g/mol. The lowest BCUT2D eigenvalue weighted by atomic mass is 10.2. The van der Waals surface area contributed by atoms with Crippen molar-refractivity contribution in [2.75, 3.05) is 31.1 Å². The molecule has 1 heterocycles. The maximum absolute atomic E-state index is 10.9. The lowest BCUT2D eigenvalue weighted by molar-refractivity contribution is -0.655. The van der Waals surface area contributed by atoms with Crippen molar-refractivity contribution in [2.24, 2.45) is 0 Å². The quantitative estimate of drug-likeness (QED) is 0.486. The summed E-state index contributed by atoms with van der Waals surface area (Å²) in [5, 5.41) is 13.6. The Labute approximate surface area is 110 Å². The van der Waals surface area contributed by atoms with Gasteiger partial charge in [-0.1, -0.05) is 11.6 Å². The van der Waals surface area contributed by atoms with Gasteiger partial charge in [0, 0.05) is 11.1 Å². The van der Waals surface area contributed by atoms with Gasteiger partial charge in [-0.05, 0) is 12.1 Å². The van der Waals surface area contributed by atoms with E-state index >= 15 is 0 Å². The first kappa shape index (κ1) is 14.0. The number of nitrogens with zero attached hydrogens (tertiary/aromatic N) is 2. The highest BCUT2D eigenvalue weighted by Crippen LogP contribution is 2.30. The van der Waals surface area contributed by atoms with Crippen molar-refractivity contribution in [3.05, 3.63) is 33.3 Å². The Hall–Kier alpha value is -1.04. The Balaban J connectivity index is 0.00000144. The summed E-state index contributed by atoms with van der Waals surface area (Å²) in [5.41, 5.74) is 0.761. The minimum atomic E-state index is -0.357. The summed E-state index contributed by atoms with van der Waals surface area (Å²) in [4.78, 5) is 12.6. The normalized spacial score (nSPS) is 15.2. The van der Waals surface area contributed by atoms with E-state index in [-0.39, 0.29) is 23.0 Å². The zero-order valence-electron chi connectivity index (χ0n) is 9.10. The first-order valence-corrected chi connectivity index (χ1v) is 5.57. The van der Waals surface area contributed by atoms with Gasteiger partial charge in [-0.25, -0.2) is 0 Å². The molecule has 1 aliphatic heterocycles. The fourth-order valence-electron chi connectivity index (χ4n) is 1.90. The molecule has 0 aromatic heterocycles. The number of hydrogen-bond donors (Lipinski definition) is 1. The van der Waals surface area contributed by atoms with Crippen molar-refractivity contribution >= 4 is 23.0 Å². The highest BCUT2D eigenvalue weighted by atomic mass is 35.5. The molecule has 17 heavy (non-hydrogen) atoms. The summed E-state index contributed by atoms with van der Waals surface area (Å²) in [5.74, 6) is 0. The van der Waals surface area contributed by atoms with Crippen molar-refractivity contribution < 1.29 is 22.6 Å². The predicted octanol–water partition coefficient (Wildman–Crippen LogP) is -2.36. The Bertz CT molecular complexity index is 409. The lowest BCUT2D eigenvalue weighted by Crippen LogP contribution is -3.00. The minimum absolute atomic E-state index is 0. The second kappa shape index (κ2) is 6.05. The third kappa shape index (κ3) is 3.21. The molecule has 1 aliphatic rings. The molecule has 94 valence electrons. The Morgan fingerprint density at radius 3 is 2.59 bits per heavy atom. The van der Waals surface area contributed by atoms with Gasteiger partial charge in [-0.3, -0.25) is 10.1 Å². The number of nitrogens with two attached hydrogens (primary N) is 1. The molecule has 7 heteroatoms. The molecule has 2 N–H and O–H groups in total. The van der Waals surface area contributed by atoms with Gasteiger partial charge < -0.3 is 22.6 Å². The van der Waals surface area contributed by atoms with E-state index in [9.17, 15) is 10.1 Å². The van der Waals surface area contributed by atoms with Crippen LogP contribution in [0.3, 0.4) is 0 Å². The SMILES string of the molecule is O=[N+]([O-])c1ccc(Cl)cc1N1CC[NH2+]CC1.[Cl-]. The van der Waals surface area contributed by atoms with E-state index < -0.39 is 0 Å². The first-order chi connectivity index (χ1) is 7.68. The molecule has 0 saturated carbocycles. The predicted molar refractivity (Wildman–Crippen MR) is 62.0 cm³/mol. The summed E-state index contributed by atoms with van der Waals surface area (Å²) in [6.45, 7) is 3.57. The Morgan fingerprint density at radius 2 is 2.00 bits per heavy atom. The Morgan fingerprint density at radius 1 is 1.35 bits per heavy atom. The number of hydrogen-bond acceptors (Lipinski definition) is 3. The van der Waals surface area contributed by atoms with Gasteiger partial charge in [-0.15, -0.1) is 0 Å². The van der Waals surface area contributed by atoms with Gasteiger partial charge in [0.05, 0.1) is 31.1 Å². The van der Waals surface area contributed by atoms with Crippen molar-refractivity contribution in [3.63, 3.8) is 0 Å². The largest absolute Gasteiger partial charge is 1.00 e. The van der Waals surface area contributed by atoms with Crippen molar-refractivity contribution in [1.29, 1.82) is 0 Å². The van der Waals surface area contributed by atoms with Crippen LogP contribution in [0.4, 0.5) is 11.4 Å². The van der Waals surface area contributed by atoms with Crippen LogP contribution in [0.25, 0.3) is 0 Å². The zero-order chi connectivity index (χ0) is 11.5. The van der Waals surface area contributed by atoms with Crippen LogP contribution in [0, 0.1) is 10.1 Å². The van der Waals surface area contributed by atoms with E-state index in [0.717, 1.165) is 26.2 Å². The molecule has 0 bridgehead atoms. The summed E-state index contributed by atoms with van der Waals surface area (Å²) in [6.07, 6.45) is 0. The molecule has 0 spiro atoms. The van der Waals surface area contributed by atoms with Crippen LogP contribution in [0.15, 0.2) is 18.2 Å². The summed E-state index contributed by atoms with van der Waals surface area (Å²) in [7, 11) is 0. The van der Waals surface area contributed by atoms with Crippen LogP contribution in [0.1, 0.15) is 0 Å². The standard InChI is InChI=1S/C10H12ClN3O2.ClH/c11-8-1-2-9(14(15)16)10(7-8)13-5-3-12-4-6-13;/h1-2,7,12H,3-6H2;1H. The van der Waals surface area contributed by atoms with E-state index in [1.165, 1.54) is 6.07 Å². The second-order valence-electron chi connectivity index (χ2n) is 3.74. The van der Waals surface area contributed by atoms with E-state index in [4.69, 9.17) is 11.6 Å². The number of rotatable bonds is 2. The molecule has 0 aliphatic carbocycles. The van der Waals surface area contributed by atoms with Crippen molar-refractivity contribution in [2.45, 2.75) is 0 Å². The van der Waals surface area contributed by atoms with Crippen LogP contribution in [0.5, 0.6) is 0 Å². The highest BCUT2D eigenvalue weighted by Gasteiger charge is 2.22. The molecule has 0 amide bonds. The average Bonchev–Trinajstić information content (AvgIpc) is 2.29. The number of quaternary nitrogens is 1. The molecule has 0 radical (unpaired) electrons. The van der Waals surface area contributed by atoms with Gasteiger partial charge in [0.25, 0.3) is 5.69 Å². The molecule has 1 fully saturated rings. The summed E-state index contributed by atoms with van der Waals surface area (Å²) < 4.78 is 0. The van der Waals surface area contributed by atoms with Crippen LogP contribution in [-0.2, 0) is 0 Å². The lowest BCUT2D eigenvalue weighted by Gasteiger charge is -2.26. The molecule has 0 atom stereocenters. The van der Waals surface area contributed by atoms with Crippen LogP contribution in [0.2, 0.25) is 5.02 Å². The second-order valence-corrected chi connectivity index (χ2v) is 4.18. The van der Waals surface area contributed by atoms with Crippen molar-refractivity contribution in [1.82, 2.24) is 0 Å². The van der Waals surface area contributed by atoms with Crippen LogP contribution in [-0.4, -0.2) is 31.1 Å². The molecule has 1 aromatic carbocycles. The molecule has 2 rings (SSSR count). The van der Waals surface area contributed by atoms with Gasteiger partial charge in [0.15, 0.2) is 0 Å². The fraction of sp³-hybridized carbons (Fsp3) is 0.400. The zero-order valence-corrected chi connectivity index (χ0v) is 10.6. The summed E-state index contributed by atoms with van der Waals surface area (Å²) in [6, 6.07) is 4.69.